The van der Waals surface area contributed by atoms with Crippen LogP contribution in [0.15, 0.2) is 18.5 Å². The number of aromatic nitrogens is 5. The van der Waals surface area contributed by atoms with Gasteiger partial charge in [-0.2, -0.15) is 5.10 Å². The van der Waals surface area contributed by atoms with Gasteiger partial charge in [0.15, 0.2) is 11.5 Å². The number of ether oxygens (including phenoxy) is 1. The summed E-state index contributed by atoms with van der Waals surface area (Å²) in [6, 6.07) is 1.37. The fraction of sp³-hybridized carbons (Fsp3) is 0.545. The average molecular weight is 444 g/mol. The smallest absolute Gasteiger partial charge is 0.223 e. The number of halogens is 2. The number of hydrogen-bond acceptors (Lipinski definition) is 7. The Morgan fingerprint density at radius 3 is 2.78 bits per heavy atom. The Hall–Kier alpha value is -2.88. The number of nitrogens with one attached hydrogen (secondary N) is 2. The van der Waals surface area contributed by atoms with Gasteiger partial charge in [-0.25, -0.2) is 28.2 Å². The molecule has 32 heavy (non-hydrogen) atoms. The Bertz CT molecular complexity index is 1100. The molecule has 2 atom stereocenters. The van der Waals surface area contributed by atoms with Crippen LogP contribution < -0.4 is 15.4 Å². The zero-order valence-corrected chi connectivity index (χ0v) is 18.0. The van der Waals surface area contributed by atoms with Gasteiger partial charge < -0.3 is 15.4 Å². The van der Waals surface area contributed by atoms with Crippen molar-refractivity contribution in [3.8, 4) is 17.1 Å². The van der Waals surface area contributed by atoms with Crippen molar-refractivity contribution in [2.24, 2.45) is 0 Å². The lowest BCUT2D eigenvalue weighted by atomic mass is 9.86. The third-order valence-electron chi connectivity index (χ3n) is 6.40. The van der Waals surface area contributed by atoms with E-state index in [1.165, 1.54) is 6.42 Å². The van der Waals surface area contributed by atoms with Crippen molar-refractivity contribution in [1.82, 2.24) is 29.9 Å². The van der Waals surface area contributed by atoms with Crippen LogP contribution in [0.1, 0.15) is 50.1 Å². The minimum atomic E-state index is -1.02. The third-order valence-corrected chi connectivity index (χ3v) is 6.40. The van der Waals surface area contributed by atoms with E-state index in [1.54, 1.807) is 17.8 Å². The van der Waals surface area contributed by atoms with Gasteiger partial charge in [-0.3, -0.25) is 0 Å². The van der Waals surface area contributed by atoms with Crippen molar-refractivity contribution < 1.29 is 13.5 Å². The van der Waals surface area contributed by atoms with Gasteiger partial charge in [-0.05, 0) is 25.8 Å². The third kappa shape index (κ3) is 3.99. The first-order chi connectivity index (χ1) is 15.6. The van der Waals surface area contributed by atoms with Crippen LogP contribution in [-0.2, 0) is 0 Å². The van der Waals surface area contributed by atoms with Crippen molar-refractivity contribution in [3.63, 3.8) is 0 Å². The molecule has 1 aliphatic heterocycles. The second-order valence-corrected chi connectivity index (χ2v) is 8.50. The Morgan fingerprint density at radius 1 is 1.16 bits per heavy atom. The van der Waals surface area contributed by atoms with Gasteiger partial charge in [-0.1, -0.05) is 19.3 Å². The van der Waals surface area contributed by atoms with Crippen molar-refractivity contribution >= 4 is 11.6 Å². The largest absolute Gasteiger partial charge is 0.495 e. The van der Waals surface area contributed by atoms with Crippen LogP contribution in [0.3, 0.4) is 0 Å². The number of hydrogen-bond donors (Lipinski definition) is 2. The molecule has 10 heteroatoms. The SMILES string of the molecule is COc1cc2ncc(-c3nc(N[C@H]4CNCC[C@@H]4F)ncc3F)n2nc1C1CCCCC1. The van der Waals surface area contributed by atoms with E-state index in [4.69, 9.17) is 9.84 Å². The van der Waals surface area contributed by atoms with Crippen LogP contribution in [0, 0.1) is 5.82 Å². The number of rotatable bonds is 5. The fourth-order valence-corrected chi connectivity index (χ4v) is 4.65. The number of anilines is 1. The second kappa shape index (κ2) is 8.93. The number of fused-ring (bicyclic) bond motifs is 1. The van der Waals surface area contributed by atoms with E-state index in [2.05, 4.69) is 25.6 Å². The number of imidazole rings is 1. The molecule has 2 N–H and O–H groups in total. The Kier molecular flexibility index (Phi) is 5.86. The molecule has 0 spiro atoms. The molecule has 170 valence electrons. The molecule has 3 aromatic heterocycles. The molecule has 2 aliphatic rings. The van der Waals surface area contributed by atoms with Crippen LogP contribution in [0.2, 0.25) is 0 Å². The Morgan fingerprint density at radius 2 is 2.00 bits per heavy atom. The molecule has 1 saturated carbocycles. The van der Waals surface area contributed by atoms with E-state index in [9.17, 15) is 8.78 Å². The van der Waals surface area contributed by atoms with Crippen molar-refractivity contribution in [3.05, 3.63) is 30.0 Å². The standard InChI is InChI=1S/C22H27F2N7O/c1-32-18-9-19-26-12-17(31(19)30-20(18)13-5-3-2-4-6-13)21-15(24)10-27-22(29-21)28-16-11-25-8-7-14(16)23/h9-10,12-14,16,25H,2-8,11H2,1H3,(H,27,28,29)/t14-,16-/m0/s1. The van der Waals surface area contributed by atoms with E-state index < -0.39 is 18.0 Å². The maximum Gasteiger partial charge on any atom is 0.223 e. The fourth-order valence-electron chi connectivity index (χ4n) is 4.65. The van der Waals surface area contributed by atoms with Gasteiger partial charge >= 0.3 is 0 Å². The van der Waals surface area contributed by atoms with E-state index in [0.717, 1.165) is 37.6 Å². The van der Waals surface area contributed by atoms with Crippen LogP contribution in [0.25, 0.3) is 17.0 Å². The van der Waals surface area contributed by atoms with Crippen molar-refractivity contribution in [2.45, 2.75) is 56.7 Å². The van der Waals surface area contributed by atoms with Gasteiger partial charge in [-0.15, -0.1) is 0 Å². The lowest BCUT2D eigenvalue weighted by Crippen LogP contribution is -2.46. The predicted molar refractivity (Wildman–Crippen MR) is 116 cm³/mol. The summed E-state index contributed by atoms with van der Waals surface area (Å²) in [6.45, 7) is 1.09. The summed E-state index contributed by atoms with van der Waals surface area (Å²) in [6.07, 6.45) is 7.68. The van der Waals surface area contributed by atoms with Crippen LogP contribution in [0.5, 0.6) is 5.75 Å². The molecule has 0 unspecified atom stereocenters. The van der Waals surface area contributed by atoms with Gasteiger partial charge in [0.2, 0.25) is 5.95 Å². The molecule has 4 heterocycles. The molecule has 1 saturated heterocycles. The van der Waals surface area contributed by atoms with Gasteiger partial charge in [0.25, 0.3) is 0 Å². The quantitative estimate of drug-likeness (QED) is 0.624. The summed E-state index contributed by atoms with van der Waals surface area (Å²) in [7, 11) is 1.63. The Labute approximate surface area is 184 Å². The van der Waals surface area contributed by atoms with E-state index >= 15 is 0 Å². The van der Waals surface area contributed by atoms with E-state index in [0.29, 0.717) is 42.5 Å². The maximum atomic E-state index is 14.8. The zero-order chi connectivity index (χ0) is 22.1. The molecule has 5 rings (SSSR count). The molecule has 0 aromatic carbocycles. The van der Waals surface area contributed by atoms with Crippen molar-refractivity contribution in [1.29, 1.82) is 0 Å². The number of methoxy groups -OCH3 is 1. The molecular formula is C22H27F2N7O. The maximum absolute atomic E-state index is 14.8. The second-order valence-electron chi connectivity index (χ2n) is 8.50. The summed E-state index contributed by atoms with van der Waals surface area (Å²) in [4.78, 5) is 12.8. The number of alkyl halides is 1. The number of piperidine rings is 1. The first-order valence-corrected chi connectivity index (χ1v) is 11.2. The summed E-state index contributed by atoms with van der Waals surface area (Å²) in [5, 5.41) is 11.0. The zero-order valence-electron chi connectivity index (χ0n) is 18.0. The summed E-state index contributed by atoms with van der Waals surface area (Å²) in [5.41, 5.74) is 1.90. The summed E-state index contributed by atoms with van der Waals surface area (Å²) in [5.74, 6) is 0.582. The van der Waals surface area contributed by atoms with Crippen molar-refractivity contribution in [2.75, 3.05) is 25.5 Å². The highest BCUT2D eigenvalue weighted by Crippen LogP contribution is 2.37. The van der Waals surface area contributed by atoms with Gasteiger partial charge in [0, 0.05) is 18.5 Å². The molecular weight excluding hydrogens is 416 g/mol. The lowest BCUT2D eigenvalue weighted by Gasteiger charge is -2.27. The van der Waals surface area contributed by atoms with Crippen LogP contribution in [-0.4, -0.2) is 57.0 Å². The Balaban J connectivity index is 1.52. The van der Waals surface area contributed by atoms with Gasteiger partial charge in [0.05, 0.1) is 25.5 Å². The molecule has 8 nitrogen and oxygen atoms in total. The van der Waals surface area contributed by atoms with Crippen LogP contribution in [0.4, 0.5) is 14.7 Å². The minimum Gasteiger partial charge on any atom is -0.495 e. The normalized spacial score (nSPS) is 22.2. The monoisotopic (exact) mass is 443 g/mol. The van der Waals surface area contributed by atoms with E-state index in [1.807, 2.05) is 6.07 Å². The molecule has 1 aliphatic carbocycles. The molecule has 3 aromatic rings. The summed E-state index contributed by atoms with van der Waals surface area (Å²) >= 11 is 0. The topological polar surface area (TPSA) is 89.3 Å². The first-order valence-electron chi connectivity index (χ1n) is 11.2. The molecule has 0 bridgehead atoms. The highest BCUT2D eigenvalue weighted by molar-refractivity contribution is 5.62. The predicted octanol–water partition coefficient (Wildman–Crippen LogP) is 3.49. The minimum absolute atomic E-state index is 0.0708. The van der Waals surface area contributed by atoms with E-state index in [-0.39, 0.29) is 11.6 Å². The molecule has 0 radical (unpaired) electrons. The highest BCUT2D eigenvalue weighted by atomic mass is 19.1. The molecule has 0 amide bonds. The highest BCUT2D eigenvalue weighted by Gasteiger charge is 2.27. The van der Waals surface area contributed by atoms with Gasteiger partial charge in [0.1, 0.15) is 29.0 Å². The summed E-state index contributed by atoms with van der Waals surface area (Å²) < 4.78 is 36.2. The number of nitrogens with zero attached hydrogens (tertiary/aromatic N) is 5. The first kappa shape index (κ1) is 21.0. The lowest BCUT2D eigenvalue weighted by molar-refractivity contribution is 0.240. The molecule has 2 fully saturated rings. The average Bonchev–Trinajstić information content (AvgIpc) is 3.24. The van der Waals surface area contributed by atoms with Crippen LogP contribution >= 0.6 is 0 Å².